The molecule has 1 N–H and O–H groups in total. The van der Waals surface area contributed by atoms with Crippen LogP contribution in [0.5, 0.6) is 5.75 Å². The minimum absolute atomic E-state index is 0.0819. The van der Waals surface area contributed by atoms with Gasteiger partial charge in [0.05, 0.1) is 12.7 Å². The van der Waals surface area contributed by atoms with Crippen molar-refractivity contribution in [1.82, 2.24) is 5.32 Å². The van der Waals surface area contributed by atoms with Crippen molar-refractivity contribution in [2.75, 3.05) is 20.3 Å². The Morgan fingerprint density at radius 3 is 2.50 bits per heavy atom. The smallest absolute Gasteiger partial charge is 0.122 e. The number of benzene rings is 2. The number of rotatable bonds is 7. The van der Waals surface area contributed by atoms with E-state index < -0.39 is 0 Å². The standard InChI is InChI=1S/C25H33NO2/c1-27-23-12-6-5-11-22(23)24(15-17-26-19-21-9-3-2-4-10-21)16-18-28-25(20-24)13-7-8-14-25/h2-6,9-12,26H,7-8,13-20H2,1H3. The molecule has 1 saturated heterocycles. The van der Waals surface area contributed by atoms with Gasteiger partial charge in [-0.1, -0.05) is 61.4 Å². The van der Waals surface area contributed by atoms with Gasteiger partial charge in [0.1, 0.15) is 5.75 Å². The molecular weight excluding hydrogens is 346 g/mol. The normalized spacial score (nSPS) is 23.8. The molecule has 150 valence electrons. The first kappa shape index (κ1) is 19.5. The number of para-hydroxylation sites is 1. The van der Waals surface area contributed by atoms with E-state index in [-0.39, 0.29) is 11.0 Å². The molecule has 3 nitrogen and oxygen atoms in total. The molecule has 0 amide bonds. The zero-order valence-electron chi connectivity index (χ0n) is 17.1. The Morgan fingerprint density at radius 2 is 1.71 bits per heavy atom. The Balaban J connectivity index is 1.53. The summed E-state index contributed by atoms with van der Waals surface area (Å²) >= 11 is 0. The maximum Gasteiger partial charge on any atom is 0.122 e. The Hall–Kier alpha value is -1.84. The Labute approximate surface area is 169 Å². The number of nitrogens with one attached hydrogen (secondary N) is 1. The van der Waals surface area contributed by atoms with Crippen LogP contribution in [0.4, 0.5) is 0 Å². The molecule has 28 heavy (non-hydrogen) atoms. The van der Waals surface area contributed by atoms with Crippen LogP contribution in [0.3, 0.4) is 0 Å². The predicted molar refractivity (Wildman–Crippen MR) is 114 cm³/mol. The van der Waals surface area contributed by atoms with Crippen molar-refractivity contribution in [2.24, 2.45) is 0 Å². The fraction of sp³-hybridized carbons (Fsp3) is 0.520. The highest BCUT2D eigenvalue weighted by molar-refractivity contribution is 5.40. The van der Waals surface area contributed by atoms with Gasteiger partial charge >= 0.3 is 0 Å². The summed E-state index contributed by atoms with van der Waals surface area (Å²) in [5.41, 5.74) is 2.92. The third-order valence-corrected chi connectivity index (χ3v) is 6.79. The molecule has 1 unspecified atom stereocenters. The third kappa shape index (κ3) is 4.11. The van der Waals surface area contributed by atoms with E-state index in [2.05, 4.69) is 59.9 Å². The van der Waals surface area contributed by atoms with E-state index >= 15 is 0 Å². The van der Waals surface area contributed by atoms with E-state index in [0.717, 1.165) is 44.7 Å². The molecule has 0 aromatic heterocycles. The number of hydrogen-bond donors (Lipinski definition) is 1. The average molecular weight is 380 g/mol. The van der Waals surface area contributed by atoms with Gasteiger partial charge in [-0.25, -0.2) is 0 Å². The van der Waals surface area contributed by atoms with Gasteiger partial charge in [-0.05, 0) is 50.3 Å². The van der Waals surface area contributed by atoms with Gasteiger partial charge in [0.2, 0.25) is 0 Å². The van der Waals surface area contributed by atoms with Gasteiger partial charge in [0.15, 0.2) is 0 Å². The molecule has 2 aliphatic rings. The Kier molecular flexibility index (Phi) is 6.03. The van der Waals surface area contributed by atoms with E-state index in [1.165, 1.54) is 36.8 Å². The second kappa shape index (κ2) is 8.67. The molecule has 2 aromatic carbocycles. The molecule has 3 heteroatoms. The van der Waals surface area contributed by atoms with Crippen molar-refractivity contribution in [3.8, 4) is 5.75 Å². The highest BCUT2D eigenvalue weighted by atomic mass is 16.5. The van der Waals surface area contributed by atoms with E-state index in [4.69, 9.17) is 9.47 Å². The summed E-state index contributed by atoms with van der Waals surface area (Å²) in [6.07, 6.45) is 8.33. The van der Waals surface area contributed by atoms with Gasteiger partial charge < -0.3 is 14.8 Å². The van der Waals surface area contributed by atoms with Crippen molar-refractivity contribution in [3.05, 3.63) is 65.7 Å². The maximum atomic E-state index is 6.39. The number of hydrogen-bond acceptors (Lipinski definition) is 3. The first-order chi connectivity index (χ1) is 13.8. The Bertz CT molecular complexity index is 754. The summed E-state index contributed by atoms with van der Waals surface area (Å²) in [4.78, 5) is 0. The van der Waals surface area contributed by atoms with Crippen LogP contribution in [0.25, 0.3) is 0 Å². The van der Waals surface area contributed by atoms with Gasteiger partial charge in [-0.3, -0.25) is 0 Å². The molecule has 1 spiro atoms. The molecule has 0 bridgehead atoms. The van der Waals surface area contributed by atoms with Crippen LogP contribution >= 0.6 is 0 Å². The first-order valence-corrected chi connectivity index (χ1v) is 10.8. The van der Waals surface area contributed by atoms with Gasteiger partial charge in [-0.2, -0.15) is 0 Å². The van der Waals surface area contributed by atoms with Crippen LogP contribution in [0.1, 0.15) is 56.1 Å². The van der Waals surface area contributed by atoms with Crippen LogP contribution in [-0.4, -0.2) is 25.9 Å². The van der Waals surface area contributed by atoms with Gasteiger partial charge in [0.25, 0.3) is 0 Å². The second-order valence-electron chi connectivity index (χ2n) is 8.56. The summed E-state index contributed by atoms with van der Waals surface area (Å²) in [6, 6.07) is 19.3. The van der Waals surface area contributed by atoms with Crippen LogP contribution < -0.4 is 10.1 Å². The molecule has 4 rings (SSSR count). The molecule has 1 aliphatic heterocycles. The minimum Gasteiger partial charge on any atom is -0.496 e. The number of methoxy groups -OCH3 is 1. The van der Waals surface area contributed by atoms with Crippen molar-refractivity contribution in [2.45, 2.75) is 62.5 Å². The fourth-order valence-corrected chi connectivity index (χ4v) is 5.38. The number of ether oxygens (including phenoxy) is 2. The maximum absolute atomic E-state index is 6.39. The van der Waals surface area contributed by atoms with Crippen LogP contribution in [0, 0.1) is 0 Å². The van der Waals surface area contributed by atoms with E-state index in [1.807, 2.05) is 0 Å². The molecule has 1 aliphatic carbocycles. The van der Waals surface area contributed by atoms with E-state index in [1.54, 1.807) is 7.11 Å². The van der Waals surface area contributed by atoms with Crippen LogP contribution in [0.15, 0.2) is 54.6 Å². The van der Waals surface area contributed by atoms with Crippen molar-refractivity contribution in [3.63, 3.8) is 0 Å². The lowest BCUT2D eigenvalue weighted by Gasteiger charge is -2.47. The first-order valence-electron chi connectivity index (χ1n) is 10.8. The molecule has 1 heterocycles. The highest BCUT2D eigenvalue weighted by Gasteiger charge is 2.48. The SMILES string of the molecule is COc1ccccc1C1(CCNCc2ccccc2)CCOC2(CCCC2)C1. The third-order valence-electron chi connectivity index (χ3n) is 6.79. The van der Waals surface area contributed by atoms with Gasteiger partial charge in [-0.15, -0.1) is 0 Å². The summed E-state index contributed by atoms with van der Waals surface area (Å²) in [5, 5.41) is 3.68. The molecule has 2 fully saturated rings. The molecular formula is C25H33NO2. The molecule has 0 radical (unpaired) electrons. The van der Waals surface area contributed by atoms with Gasteiger partial charge in [0, 0.05) is 24.1 Å². The van der Waals surface area contributed by atoms with Crippen molar-refractivity contribution >= 4 is 0 Å². The summed E-state index contributed by atoms with van der Waals surface area (Å²) < 4.78 is 12.2. The lowest BCUT2D eigenvalue weighted by molar-refractivity contribution is -0.104. The topological polar surface area (TPSA) is 30.5 Å². The fourth-order valence-electron chi connectivity index (χ4n) is 5.38. The summed E-state index contributed by atoms with van der Waals surface area (Å²) in [7, 11) is 1.80. The van der Waals surface area contributed by atoms with Crippen molar-refractivity contribution < 1.29 is 9.47 Å². The lowest BCUT2D eigenvalue weighted by atomic mass is 9.66. The zero-order chi connectivity index (χ0) is 19.3. The second-order valence-corrected chi connectivity index (χ2v) is 8.56. The molecule has 1 atom stereocenters. The monoisotopic (exact) mass is 379 g/mol. The van der Waals surface area contributed by atoms with Crippen LogP contribution in [-0.2, 0) is 16.7 Å². The zero-order valence-corrected chi connectivity index (χ0v) is 17.1. The summed E-state index contributed by atoms with van der Waals surface area (Å²) in [5.74, 6) is 1.03. The molecule has 2 aromatic rings. The van der Waals surface area contributed by atoms with Crippen molar-refractivity contribution in [1.29, 1.82) is 0 Å². The molecule has 1 saturated carbocycles. The Morgan fingerprint density at radius 1 is 0.964 bits per heavy atom. The quantitative estimate of drug-likeness (QED) is 0.668. The largest absolute Gasteiger partial charge is 0.496 e. The van der Waals surface area contributed by atoms with E-state index in [0.29, 0.717) is 0 Å². The summed E-state index contributed by atoms with van der Waals surface area (Å²) in [6.45, 7) is 2.78. The lowest BCUT2D eigenvalue weighted by Crippen LogP contribution is -2.47. The van der Waals surface area contributed by atoms with E-state index in [9.17, 15) is 0 Å². The predicted octanol–water partition coefficient (Wildman–Crippen LogP) is 5.24. The minimum atomic E-state index is 0.0819. The van der Waals surface area contributed by atoms with Crippen LogP contribution in [0.2, 0.25) is 0 Å². The highest BCUT2D eigenvalue weighted by Crippen LogP contribution is 2.51. The average Bonchev–Trinajstić information content (AvgIpc) is 3.19.